The molecule has 0 bridgehead atoms. The second-order valence-electron chi connectivity index (χ2n) is 6.48. The lowest BCUT2D eigenvalue weighted by atomic mass is 9.73. The van der Waals surface area contributed by atoms with Crippen LogP contribution in [-0.2, 0) is 4.79 Å². The Kier molecular flexibility index (Phi) is 6.13. The van der Waals surface area contributed by atoms with Crippen LogP contribution in [0.15, 0.2) is 0 Å². The monoisotopic (exact) mass is 255 g/mol. The van der Waals surface area contributed by atoms with E-state index in [0.717, 1.165) is 0 Å². The van der Waals surface area contributed by atoms with Crippen LogP contribution in [0.3, 0.4) is 0 Å². The molecule has 0 saturated heterocycles. The molecule has 1 unspecified atom stereocenters. The predicted molar refractivity (Wildman–Crippen MR) is 74.3 cm³/mol. The van der Waals surface area contributed by atoms with Gasteiger partial charge in [-0.3, -0.25) is 4.79 Å². The molecule has 0 heterocycles. The number of hydrogen-bond donors (Lipinski definition) is 2. The van der Waals surface area contributed by atoms with Gasteiger partial charge in [-0.1, -0.05) is 40.0 Å². The minimum absolute atomic E-state index is 0.106. The Balaban J connectivity index is 2.43. The van der Waals surface area contributed by atoms with E-state index in [2.05, 4.69) is 26.1 Å². The molecule has 0 aromatic heterocycles. The van der Waals surface area contributed by atoms with Gasteiger partial charge in [0.05, 0.1) is 0 Å². The van der Waals surface area contributed by atoms with Gasteiger partial charge in [0.15, 0.2) is 0 Å². The minimum Gasteiger partial charge on any atom is -0.396 e. The number of aliphatic hydroxyl groups is 1. The van der Waals surface area contributed by atoms with Crippen molar-refractivity contribution in [3.05, 3.63) is 0 Å². The molecular weight excluding hydrogens is 226 g/mol. The summed E-state index contributed by atoms with van der Waals surface area (Å²) in [4.78, 5) is 12.1. The first-order valence-electron chi connectivity index (χ1n) is 7.37. The zero-order chi connectivity index (χ0) is 13.6. The highest BCUT2D eigenvalue weighted by molar-refractivity contribution is 5.77. The fourth-order valence-corrected chi connectivity index (χ4v) is 2.94. The molecule has 0 spiro atoms. The Morgan fingerprint density at radius 3 is 2.39 bits per heavy atom. The van der Waals surface area contributed by atoms with Gasteiger partial charge in [-0.2, -0.15) is 0 Å². The van der Waals surface area contributed by atoms with Crippen LogP contribution >= 0.6 is 0 Å². The number of rotatable bonds is 6. The quantitative estimate of drug-likeness (QED) is 0.766. The van der Waals surface area contributed by atoms with E-state index in [4.69, 9.17) is 5.11 Å². The van der Waals surface area contributed by atoms with Crippen LogP contribution in [-0.4, -0.2) is 23.7 Å². The third-order valence-corrected chi connectivity index (χ3v) is 4.24. The number of carbonyl (C=O) groups excluding carboxylic acids is 1. The summed E-state index contributed by atoms with van der Waals surface area (Å²) in [6.45, 7) is 6.55. The van der Waals surface area contributed by atoms with Crippen LogP contribution in [0.1, 0.15) is 65.7 Å². The highest BCUT2D eigenvalue weighted by atomic mass is 16.3. The molecule has 1 aliphatic rings. The molecule has 0 aliphatic heterocycles. The Morgan fingerprint density at radius 1 is 1.28 bits per heavy atom. The van der Waals surface area contributed by atoms with Crippen molar-refractivity contribution < 1.29 is 9.90 Å². The number of aliphatic hydroxyl groups excluding tert-OH is 1. The normalized spacial score (nSPS) is 20.7. The molecule has 1 aliphatic carbocycles. The molecule has 0 aromatic carbocycles. The van der Waals surface area contributed by atoms with Crippen molar-refractivity contribution in [1.29, 1.82) is 0 Å². The van der Waals surface area contributed by atoms with E-state index < -0.39 is 0 Å². The van der Waals surface area contributed by atoms with Gasteiger partial charge in [0.1, 0.15) is 0 Å². The number of nitrogens with one attached hydrogen (secondary N) is 1. The van der Waals surface area contributed by atoms with Gasteiger partial charge in [-0.25, -0.2) is 0 Å². The van der Waals surface area contributed by atoms with Crippen LogP contribution < -0.4 is 5.32 Å². The molecule has 3 heteroatoms. The van der Waals surface area contributed by atoms with Crippen LogP contribution in [0.4, 0.5) is 0 Å². The summed E-state index contributed by atoms with van der Waals surface area (Å²) in [6, 6.07) is 0.106. The van der Waals surface area contributed by atoms with E-state index >= 15 is 0 Å². The molecule has 1 saturated carbocycles. The molecule has 18 heavy (non-hydrogen) atoms. The van der Waals surface area contributed by atoms with Crippen molar-refractivity contribution in [3.8, 4) is 0 Å². The zero-order valence-electron chi connectivity index (χ0n) is 12.2. The summed E-state index contributed by atoms with van der Waals surface area (Å²) in [5.41, 5.74) is 0.197. The molecule has 2 N–H and O–H groups in total. The average Bonchev–Trinajstić information content (AvgIpc) is 2.28. The molecule has 1 rings (SSSR count). The smallest absolute Gasteiger partial charge is 0.220 e. The first kappa shape index (κ1) is 15.5. The second-order valence-corrected chi connectivity index (χ2v) is 6.48. The molecule has 1 fully saturated rings. The molecular formula is C15H29NO2. The van der Waals surface area contributed by atoms with Gasteiger partial charge in [0.2, 0.25) is 5.91 Å². The van der Waals surface area contributed by atoms with Gasteiger partial charge in [-0.05, 0) is 30.6 Å². The standard InChI is InChI=1S/C15H29NO2/c1-12(2)13(7-10-17)16-14(18)11-15(3)8-5-4-6-9-15/h12-13,17H,4-11H2,1-3H3,(H,16,18). The lowest BCUT2D eigenvalue weighted by Gasteiger charge is -2.33. The fraction of sp³-hybridized carbons (Fsp3) is 0.933. The van der Waals surface area contributed by atoms with Crippen molar-refractivity contribution in [2.75, 3.05) is 6.61 Å². The molecule has 1 amide bonds. The molecule has 3 nitrogen and oxygen atoms in total. The van der Waals surface area contributed by atoms with E-state index in [1.807, 2.05) is 0 Å². The molecule has 0 radical (unpaired) electrons. The fourth-order valence-electron chi connectivity index (χ4n) is 2.94. The Bertz CT molecular complexity index is 257. The topological polar surface area (TPSA) is 49.3 Å². The number of amides is 1. The zero-order valence-corrected chi connectivity index (χ0v) is 12.2. The third-order valence-electron chi connectivity index (χ3n) is 4.24. The van der Waals surface area contributed by atoms with Crippen LogP contribution in [0.25, 0.3) is 0 Å². The highest BCUT2D eigenvalue weighted by Crippen LogP contribution is 2.38. The van der Waals surface area contributed by atoms with Crippen molar-refractivity contribution in [1.82, 2.24) is 5.32 Å². The Morgan fingerprint density at radius 2 is 1.89 bits per heavy atom. The predicted octanol–water partition coefficient (Wildman–Crippen LogP) is 2.87. The van der Waals surface area contributed by atoms with Gasteiger partial charge < -0.3 is 10.4 Å². The Labute approximate surface area is 111 Å². The molecule has 106 valence electrons. The number of hydrogen-bond acceptors (Lipinski definition) is 2. The van der Waals surface area contributed by atoms with Gasteiger partial charge in [-0.15, -0.1) is 0 Å². The third kappa shape index (κ3) is 4.97. The van der Waals surface area contributed by atoms with Gasteiger partial charge >= 0.3 is 0 Å². The van der Waals surface area contributed by atoms with Crippen molar-refractivity contribution >= 4 is 5.91 Å². The van der Waals surface area contributed by atoms with Crippen LogP contribution in [0, 0.1) is 11.3 Å². The first-order valence-corrected chi connectivity index (χ1v) is 7.37. The maximum atomic E-state index is 12.1. The highest BCUT2D eigenvalue weighted by Gasteiger charge is 2.30. The first-order chi connectivity index (χ1) is 8.47. The van der Waals surface area contributed by atoms with E-state index in [1.165, 1.54) is 32.1 Å². The van der Waals surface area contributed by atoms with Crippen molar-refractivity contribution in [2.45, 2.75) is 71.8 Å². The van der Waals surface area contributed by atoms with Crippen LogP contribution in [0.2, 0.25) is 0 Å². The maximum Gasteiger partial charge on any atom is 0.220 e. The summed E-state index contributed by atoms with van der Waals surface area (Å²) in [5, 5.41) is 12.1. The number of carbonyl (C=O) groups is 1. The Hall–Kier alpha value is -0.570. The van der Waals surface area contributed by atoms with Crippen molar-refractivity contribution in [3.63, 3.8) is 0 Å². The average molecular weight is 255 g/mol. The molecule has 0 aromatic rings. The lowest BCUT2D eigenvalue weighted by molar-refractivity contribution is -0.124. The summed E-state index contributed by atoms with van der Waals surface area (Å²) in [7, 11) is 0. The summed E-state index contributed by atoms with van der Waals surface area (Å²) in [6.07, 6.45) is 7.47. The largest absolute Gasteiger partial charge is 0.396 e. The SMILES string of the molecule is CC(C)C(CCO)NC(=O)CC1(C)CCCCC1. The van der Waals surface area contributed by atoms with E-state index in [1.54, 1.807) is 0 Å². The summed E-state index contributed by atoms with van der Waals surface area (Å²) in [5.74, 6) is 0.534. The minimum atomic E-state index is 0.106. The summed E-state index contributed by atoms with van der Waals surface area (Å²) < 4.78 is 0. The van der Waals surface area contributed by atoms with E-state index in [0.29, 0.717) is 18.8 Å². The molecule has 1 atom stereocenters. The van der Waals surface area contributed by atoms with E-state index in [9.17, 15) is 4.79 Å². The lowest BCUT2D eigenvalue weighted by Crippen LogP contribution is -2.41. The van der Waals surface area contributed by atoms with E-state index in [-0.39, 0.29) is 24.0 Å². The summed E-state index contributed by atoms with van der Waals surface area (Å²) >= 11 is 0. The van der Waals surface area contributed by atoms with Gasteiger partial charge in [0, 0.05) is 19.1 Å². The maximum absolute atomic E-state index is 12.1. The van der Waals surface area contributed by atoms with Gasteiger partial charge in [0.25, 0.3) is 0 Å². The van der Waals surface area contributed by atoms with Crippen LogP contribution in [0.5, 0.6) is 0 Å². The second kappa shape index (κ2) is 7.13. The van der Waals surface area contributed by atoms with Crippen molar-refractivity contribution in [2.24, 2.45) is 11.3 Å².